The van der Waals surface area contributed by atoms with Crippen LogP contribution in [0.3, 0.4) is 0 Å². The van der Waals surface area contributed by atoms with Gasteiger partial charge < -0.3 is 14.6 Å². The van der Waals surface area contributed by atoms with Crippen LogP contribution in [-0.2, 0) is 11.8 Å². The topological polar surface area (TPSA) is 78.7 Å². The van der Waals surface area contributed by atoms with E-state index in [0.717, 1.165) is 6.42 Å². The van der Waals surface area contributed by atoms with Gasteiger partial charge in [0, 0.05) is 33.0 Å². The summed E-state index contributed by atoms with van der Waals surface area (Å²) in [5, 5.41) is 10.3. The lowest BCUT2D eigenvalue weighted by molar-refractivity contribution is -0.122. The maximum atomic E-state index is 12.5. The van der Waals surface area contributed by atoms with Crippen LogP contribution < -0.4 is 4.90 Å². The predicted molar refractivity (Wildman–Crippen MR) is 82.4 cm³/mol. The standard InChI is InChI=1S/C15H24N4O3/c1-10(2)11(20)7-5-6-8-19-14(21)12-13(16-9-17(12)3)18(4)15(19)22/h9-10,15,22H,5-8H2,1-4H3. The smallest absolute Gasteiger partial charge is 0.277 e. The van der Waals surface area contributed by atoms with Gasteiger partial charge in [0.25, 0.3) is 5.91 Å². The number of rotatable bonds is 6. The molecule has 7 heteroatoms. The van der Waals surface area contributed by atoms with Gasteiger partial charge >= 0.3 is 0 Å². The Morgan fingerprint density at radius 2 is 2.05 bits per heavy atom. The number of aliphatic hydroxyl groups excluding tert-OH is 1. The number of Topliss-reactive ketones (excluding diaryl/α,β-unsaturated/α-hetero) is 1. The van der Waals surface area contributed by atoms with Gasteiger partial charge in [0.15, 0.2) is 11.5 Å². The predicted octanol–water partition coefficient (Wildman–Crippen LogP) is 0.983. The van der Waals surface area contributed by atoms with Gasteiger partial charge in [0.1, 0.15) is 5.78 Å². The summed E-state index contributed by atoms with van der Waals surface area (Å²) in [5.74, 6) is 0.545. The van der Waals surface area contributed by atoms with Gasteiger partial charge in [-0.1, -0.05) is 13.8 Å². The second-order valence-corrected chi connectivity index (χ2v) is 6.06. The fourth-order valence-corrected chi connectivity index (χ4v) is 2.57. The van der Waals surface area contributed by atoms with Crippen LogP contribution in [0.2, 0.25) is 0 Å². The number of carbonyl (C=O) groups is 2. The van der Waals surface area contributed by atoms with Gasteiger partial charge in [-0.3, -0.25) is 14.5 Å². The second kappa shape index (κ2) is 6.48. The van der Waals surface area contributed by atoms with Crippen LogP contribution in [0.5, 0.6) is 0 Å². The third-order valence-electron chi connectivity index (χ3n) is 4.06. The average molecular weight is 308 g/mol. The molecule has 1 amide bonds. The van der Waals surface area contributed by atoms with Gasteiger partial charge in [0.05, 0.1) is 6.33 Å². The fourth-order valence-electron chi connectivity index (χ4n) is 2.57. The number of aliphatic hydroxyl groups is 1. The van der Waals surface area contributed by atoms with E-state index in [2.05, 4.69) is 4.98 Å². The van der Waals surface area contributed by atoms with E-state index in [0.29, 0.717) is 30.9 Å². The largest absolute Gasteiger partial charge is 0.356 e. The first kappa shape index (κ1) is 16.5. The van der Waals surface area contributed by atoms with Crippen LogP contribution in [-0.4, -0.2) is 51.2 Å². The molecule has 2 rings (SSSR count). The first-order valence-corrected chi connectivity index (χ1v) is 7.60. The average Bonchev–Trinajstić information content (AvgIpc) is 2.85. The maximum absolute atomic E-state index is 12.5. The van der Waals surface area contributed by atoms with Crippen molar-refractivity contribution in [3.8, 4) is 0 Å². The molecule has 0 saturated heterocycles. The highest BCUT2D eigenvalue weighted by Gasteiger charge is 2.37. The monoisotopic (exact) mass is 308 g/mol. The number of aryl methyl sites for hydroxylation is 1. The summed E-state index contributed by atoms with van der Waals surface area (Å²) in [6.45, 7) is 4.19. The molecule has 22 heavy (non-hydrogen) atoms. The lowest BCUT2D eigenvalue weighted by Crippen LogP contribution is -2.54. The van der Waals surface area contributed by atoms with Crippen molar-refractivity contribution in [2.75, 3.05) is 18.5 Å². The van der Waals surface area contributed by atoms with Crippen LogP contribution in [0, 0.1) is 5.92 Å². The lowest BCUT2D eigenvalue weighted by atomic mass is 10.0. The Kier molecular flexibility index (Phi) is 4.85. The summed E-state index contributed by atoms with van der Waals surface area (Å²) in [4.78, 5) is 31.2. The summed E-state index contributed by atoms with van der Waals surface area (Å²) in [5.41, 5.74) is 0.478. The number of hydrogen-bond acceptors (Lipinski definition) is 5. The van der Waals surface area contributed by atoms with Crippen LogP contribution in [0.1, 0.15) is 43.6 Å². The van der Waals surface area contributed by atoms with E-state index >= 15 is 0 Å². The Morgan fingerprint density at radius 1 is 1.36 bits per heavy atom. The van der Waals surface area contributed by atoms with Gasteiger partial charge in [-0.05, 0) is 12.8 Å². The minimum Gasteiger partial charge on any atom is -0.356 e. The molecule has 0 bridgehead atoms. The summed E-state index contributed by atoms with van der Waals surface area (Å²) in [6.07, 6.45) is 2.47. The molecule has 1 aliphatic rings. The van der Waals surface area contributed by atoms with Crippen molar-refractivity contribution in [3.05, 3.63) is 12.0 Å². The lowest BCUT2D eigenvalue weighted by Gasteiger charge is -2.38. The second-order valence-electron chi connectivity index (χ2n) is 6.06. The molecule has 1 aromatic heterocycles. The molecule has 0 aliphatic carbocycles. The van der Waals surface area contributed by atoms with Crippen molar-refractivity contribution < 1.29 is 14.7 Å². The number of carbonyl (C=O) groups excluding carboxylic acids is 2. The zero-order chi connectivity index (χ0) is 16.4. The van der Waals surface area contributed by atoms with Crippen molar-refractivity contribution in [1.29, 1.82) is 0 Å². The van der Waals surface area contributed by atoms with Crippen LogP contribution in [0.15, 0.2) is 6.33 Å². The maximum Gasteiger partial charge on any atom is 0.277 e. The molecular weight excluding hydrogens is 284 g/mol. The quantitative estimate of drug-likeness (QED) is 0.793. The SMILES string of the molecule is CC(C)C(=O)CCCCN1C(=O)c2c(ncn2C)N(C)C1O. The van der Waals surface area contributed by atoms with Gasteiger partial charge in [0.2, 0.25) is 6.35 Å². The molecule has 0 radical (unpaired) electrons. The van der Waals surface area contributed by atoms with E-state index in [1.54, 1.807) is 29.9 Å². The van der Waals surface area contributed by atoms with E-state index in [9.17, 15) is 14.7 Å². The molecule has 7 nitrogen and oxygen atoms in total. The number of imidazole rings is 1. The zero-order valence-electron chi connectivity index (χ0n) is 13.6. The van der Waals surface area contributed by atoms with E-state index < -0.39 is 6.35 Å². The molecule has 2 heterocycles. The first-order valence-electron chi connectivity index (χ1n) is 7.60. The van der Waals surface area contributed by atoms with Crippen LogP contribution in [0.4, 0.5) is 5.82 Å². The summed E-state index contributed by atoms with van der Waals surface area (Å²) < 4.78 is 1.66. The highest BCUT2D eigenvalue weighted by Crippen LogP contribution is 2.27. The Labute approximate surface area is 130 Å². The normalized spacial score (nSPS) is 18.1. The molecule has 1 N–H and O–H groups in total. The Balaban J connectivity index is 1.99. The minimum absolute atomic E-state index is 0.0466. The third-order valence-corrected chi connectivity index (χ3v) is 4.06. The summed E-state index contributed by atoms with van der Waals surface area (Å²) in [7, 11) is 3.47. The molecule has 0 fully saturated rings. The molecule has 0 spiro atoms. The van der Waals surface area contributed by atoms with E-state index in [1.165, 1.54) is 4.90 Å². The molecule has 1 aliphatic heterocycles. The number of anilines is 1. The van der Waals surface area contributed by atoms with Crippen LogP contribution >= 0.6 is 0 Å². The highest BCUT2D eigenvalue weighted by atomic mass is 16.3. The zero-order valence-corrected chi connectivity index (χ0v) is 13.6. The van der Waals surface area contributed by atoms with Crippen LogP contribution in [0.25, 0.3) is 0 Å². The van der Waals surface area contributed by atoms with Gasteiger partial charge in [-0.2, -0.15) is 0 Å². The first-order chi connectivity index (χ1) is 10.3. The minimum atomic E-state index is -1.02. The van der Waals surface area contributed by atoms with Crippen molar-refractivity contribution in [3.63, 3.8) is 0 Å². The van der Waals surface area contributed by atoms with Crippen molar-refractivity contribution in [2.24, 2.45) is 13.0 Å². The molecule has 0 saturated carbocycles. The fraction of sp³-hybridized carbons (Fsp3) is 0.667. The van der Waals surface area contributed by atoms with E-state index in [4.69, 9.17) is 0 Å². The molecule has 1 unspecified atom stereocenters. The number of nitrogens with zero attached hydrogens (tertiary/aromatic N) is 4. The number of hydrogen-bond donors (Lipinski definition) is 1. The Hall–Kier alpha value is -1.89. The van der Waals surface area contributed by atoms with E-state index in [1.807, 2.05) is 13.8 Å². The number of ketones is 1. The molecule has 122 valence electrons. The molecule has 1 atom stereocenters. The molecule has 1 aromatic rings. The van der Waals surface area contributed by atoms with E-state index in [-0.39, 0.29) is 17.6 Å². The Bertz CT molecular complexity index is 567. The number of unbranched alkanes of at least 4 members (excludes halogenated alkanes) is 1. The third kappa shape index (κ3) is 2.99. The molecule has 0 aromatic carbocycles. The van der Waals surface area contributed by atoms with Gasteiger partial charge in [-0.25, -0.2) is 4.98 Å². The van der Waals surface area contributed by atoms with Crippen molar-refractivity contribution in [2.45, 2.75) is 39.5 Å². The number of aromatic nitrogens is 2. The van der Waals surface area contributed by atoms with Crippen molar-refractivity contribution in [1.82, 2.24) is 14.5 Å². The summed E-state index contributed by atoms with van der Waals surface area (Å²) >= 11 is 0. The summed E-state index contributed by atoms with van der Waals surface area (Å²) in [6, 6.07) is 0. The Morgan fingerprint density at radius 3 is 2.68 bits per heavy atom. The van der Waals surface area contributed by atoms with Gasteiger partial charge in [-0.15, -0.1) is 0 Å². The number of fused-ring (bicyclic) bond motifs is 1. The molecular formula is C15H24N4O3. The van der Waals surface area contributed by atoms with Crippen molar-refractivity contribution >= 4 is 17.5 Å². The number of amides is 1. The highest BCUT2D eigenvalue weighted by molar-refractivity contribution is 5.99.